The molecule has 0 radical (unpaired) electrons. The fourth-order valence-corrected chi connectivity index (χ4v) is 1.64. The lowest BCUT2D eigenvalue weighted by molar-refractivity contribution is -0.508. The van der Waals surface area contributed by atoms with Crippen LogP contribution in [0, 0.1) is 0 Å². The third kappa shape index (κ3) is 1.63. The predicted octanol–water partition coefficient (Wildman–Crippen LogP) is -0.855. The van der Waals surface area contributed by atoms with Crippen molar-refractivity contribution in [2.45, 2.75) is 0 Å². The third-order valence-electron chi connectivity index (χ3n) is 1.25. The summed E-state index contributed by atoms with van der Waals surface area (Å²) < 4.78 is 1.66. The minimum absolute atomic E-state index is 0.0266. The zero-order valence-electron chi connectivity index (χ0n) is 5.41. The van der Waals surface area contributed by atoms with Crippen molar-refractivity contribution in [2.24, 2.45) is 5.73 Å². The molecule has 0 unspecified atom stereocenters. The maximum absolute atomic E-state index is 10.2. The predicted molar refractivity (Wildman–Crippen MR) is 39.3 cm³/mol. The van der Waals surface area contributed by atoms with Crippen molar-refractivity contribution in [1.29, 1.82) is 0 Å². The molecule has 0 atom stereocenters. The van der Waals surface area contributed by atoms with Crippen LogP contribution in [0.5, 0.6) is 0 Å². The fourth-order valence-electron chi connectivity index (χ4n) is 0.782. The number of aliphatic carboxylic acids is 1. The minimum Gasteiger partial charge on any atom is -0.478 e. The Morgan fingerprint density at radius 1 is 1.90 bits per heavy atom. The van der Waals surface area contributed by atoms with E-state index >= 15 is 0 Å². The van der Waals surface area contributed by atoms with Crippen LogP contribution in [0.15, 0.2) is 0 Å². The van der Waals surface area contributed by atoms with Gasteiger partial charge in [-0.2, -0.15) is 0 Å². The van der Waals surface area contributed by atoms with E-state index < -0.39 is 5.97 Å². The van der Waals surface area contributed by atoms with Crippen molar-refractivity contribution in [3.8, 4) is 0 Å². The molecular formula is C5H9N2O2S+. The Kier molecular flexibility index (Phi) is 2.16. The number of hydrogen-bond acceptors (Lipinski definition) is 3. The summed E-state index contributed by atoms with van der Waals surface area (Å²) in [7, 11) is 0. The van der Waals surface area contributed by atoms with Crippen molar-refractivity contribution >= 4 is 22.9 Å². The summed E-state index contributed by atoms with van der Waals surface area (Å²) in [6, 6.07) is 0. The second kappa shape index (κ2) is 2.92. The zero-order valence-corrected chi connectivity index (χ0v) is 6.23. The topological polar surface area (TPSA) is 66.3 Å². The van der Waals surface area contributed by atoms with Gasteiger partial charge in [-0.3, -0.25) is 5.73 Å². The van der Waals surface area contributed by atoms with Gasteiger partial charge in [-0.25, -0.2) is 9.37 Å². The summed E-state index contributed by atoms with van der Waals surface area (Å²) in [5.41, 5.74) is 5.47. The molecule has 1 heterocycles. The second-order valence-corrected chi connectivity index (χ2v) is 3.12. The monoisotopic (exact) mass is 161 g/mol. The zero-order chi connectivity index (χ0) is 7.56. The van der Waals surface area contributed by atoms with Crippen LogP contribution in [-0.2, 0) is 4.79 Å². The lowest BCUT2D eigenvalue weighted by Crippen LogP contribution is -2.26. The Balaban J connectivity index is 2.54. The minimum atomic E-state index is -0.828. The van der Waals surface area contributed by atoms with Crippen LogP contribution in [0.4, 0.5) is 0 Å². The molecule has 0 amide bonds. The lowest BCUT2D eigenvalue weighted by atomic mass is 10.6. The van der Waals surface area contributed by atoms with Crippen LogP contribution in [-0.4, -0.2) is 39.7 Å². The molecule has 0 saturated carbocycles. The number of nitrogens with zero attached hydrogens (tertiary/aromatic N) is 1. The van der Waals surface area contributed by atoms with E-state index in [1.807, 2.05) is 0 Å². The molecule has 56 valence electrons. The number of carboxylic acids is 1. The summed E-state index contributed by atoms with van der Waals surface area (Å²) in [5, 5.41) is 9.00. The van der Waals surface area contributed by atoms with Gasteiger partial charge in [0.15, 0.2) is 6.54 Å². The molecule has 0 fully saturated rings. The number of rotatable bonds is 2. The van der Waals surface area contributed by atoms with Crippen molar-refractivity contribution in [1.82, 2.24) is 0 Å². The molecule has 0 aromatic rings. The van der Waals surface area contributed by atoms with E-state index in [4.69, 9.17) is 10.8 Å². The molecule has 1 aliphatic rings. The first-order valence-electron chi connectivity index (χ1n) is 2.92. The first-order valence-corrected chi connectivity index (χ1v) is 3.90. The molecule has 0 spiro atoms. The van der Waals surface area contributed by atoms with Gasteiger partial charge < -0.3 is 5.11 Å². The highest BCUT2D eigenvalue weighted by atomic mass is 32.2. The van der Waals surface area contributed by atoms with Gasteiger partial charge in [0.1, 0.15) is 0 Å². The Bertz CT molecular complexity index is 190. The van der Waals surface area contributed by atoms with Gasteiger partial charge in [0.25, 0.3) is 0 Å². The molecule has 0 bridgehead atoms. The van der Waals surface area contributed by atoms with E-state index in [1.54, 1.807) is 4.58 Å². The Morgan fingerprint density at radius 2 is 2.60 bits per heavy atom. The van der Waals surface area contributed by atoms with Crippen LogP contribution in [0.25, 0.3) is 0 Å². The first kappa shape index (κ1) is 7.40. The summed E-state index contributed by atoms with van der Waals surface area (Å²) in [4.78, 5) is 10.2. The molecule has 0 aromatic carbocycles. The summed E-state index contributed by atoms with van der Waals surface area (Å²) >= 11 is 1.50. The smallest absolute Gasteiger partial charge is 0.345 e. The summed E-state index contributed by atoms with van der Waals surface area (Å²) in [6.07, 6.45) is 0. The third-order valence-corrected chi connectivity index (χ3v) is 2.19. The Labute approximate surface area is 62.7 Å². The van der Waals surface area contributed by atoms with E-state index in [0.29, 0.717) is 5.17 Å². The van der Waals surface area contributed by atoms with E-state index in [9.17, 15) is 4.79 Å². The van der Waals surface area contributed by atoms with E-state index in [-0.39, 0.29) is 6.54 Å². The number of carboxylic acid groups (broad SMARTS) is 1. The van der Waals surface area contributed by atoms with Crippen LogP contribution >= 0.6 is 11.8 Å². The lowest BCUT2D eigenvalue weighted by Gasteiger charge is -1.94. The van der Waals surface area contributed by atoms with Gasteiger partial charge in [0.2, 0.25) is 0 Å². The molecule has 4 nitrogen and oxygen atoms in total. The van der Waals surface area contributed by atoms with Gasteiger partial charge >= 0.3 is 11.1 Å². The summed E-state index contributed by atoms with van der Waals surface area (Å²) in [5.74, 6) is 0.0736. The fraction of sp³-hybridized carbons (Fsp3) is 0.600. The van der Waals surface area contributed by atoms with Crippen molar-refractivity contribution < 1.29 is 14.5 Å². The van der Waals surface area contributed by atoms with Crippen LogP contribution < -0.4 is 5.73 Å². The van der Waals surface area contributed by atoms with Gasteiger partial charge in [0, 0.05) is 5.75 Å². The van der Waals surface area contributed by atoms with Crippen LogP contribution in [0.2, 0.25) is 0 Å². The maximum atomic E-state index is 10.2. The highest BCUT2D eigenvalue weighted by Gasteiger charge is 2.19. The van der Waals surface area contributed by atoms with Gasteiger partial charge in [0.05, 0.1) is 6.54 Å². The molecular weight excluding hydrogens is 152 g/mol. The van der Waals surface area contributed by atoms with Gasteiger partial charge in [-0.05, 0) is 11.8 Å². The standard InChI is InChI=1S/C5H8N2O2S/c6-5-7(1-2-10-5)3-4(8)9/h6H,1-3H2,(H,8,9)/p+1. The Hall–Kier alpha value is -0.710. The second-order valence-electron chi connectivity index (χ2n) is 2.00. The van der Waals surface area contributed by atoms with Crippen molar-refractivity contribution in [3.63, 3.8) is 0 Å². The largest absolute Gasteiger partial charge is 0.478 e. The van der Waals surface area contributed by atoms with Crippen molar-refractivity contribution in [3.05, 3.63) is 0 Å². The van der Waals surface area contributed by atoms with Crippen LogP contribution in [0.3, 0.4) is 0 Å². The number of carbonyl (C=O) groups is 1. The maximum Gasteiger partial charge on any atom is 0.345 e. The molecule has 1 aliphatic heterocycles. The van der Waals surface area contributed by atoms with E-state index in [1.165, 1.54) is 11.8 Å². The van der Waals surface area contributed by atoms with Gasteiger partial charge in [-0.15, -0.1) is 0 Å². The van der Waals surface area contributed by atoms with Crippen molar-refractivity contribution in [2.75, 3.05) is 18.8 Å². The molecule has 10 heavy (non-hydrogen) atoms. The SMILES string of the molecule is NC1=[N+](CC(=O)O)CCS1. The van der Waals surface area contributed by atoms with Gasteiger partial charge in [-0.1, -0.05) is 0 Å². The normalized spacial score (nSPS) is 18.0. The molecule has 0 aromatic heterocycles. The number of thioether (sulfide) groups is 1. The average Bonchev–Trinajstić information content (AvgIpc) is 2.15. The quantitative estimate of drug-likeness (QED) is 0.517. The molecule has 5 heteroatoms. The number of hydrogen-bond donors (Lipinski definition) is 2. The van der Waals surface area contributed by atoms with E-state index in [2.05, 4.69) is 0 Å². The highest BCUT2D eigenvalue weighted by molar-refractivity contribution is 8.13. The molecule has 0 saturated heterocycles. The Morgan fingerprint density at radius 3 is 3.00 bits per heavy atom. The van der Waals surface area contributed by atoms with E-state index in [0.717, 1.165) is 12.3 Å². The average molecular weight is 161 g/mol. The first-order chi connectivity index (χ1) is 4.70. The van der Waals surface area contributed by atoms with Crippen LogP contribution in [0.1, 0.15) is 0 Å². The molecule has 0 aliphatic carbocycles. The number of amidine groups is 1. The summed E-state index contributed by atoms with van der Waals surface area (Å²) in [6.45, 7) is 0.779. The highest BCUT2D eigenvalue weighted by Crippen LogP contribution is 2.06. The molecule has 1 rings (SSSR count). The molecule has 3 N–H and O–H groups in total. The number of nitrogens with two attached hydrogens (primary N) is 1.